The third kappa shape index (κ3) is 1.73. The number of nitrogens with zero attached hydrogens (tertiary/aromatic N) is 3. The van der Waals surface area contributed by atoms with Gasteiger partial charge in [-0.1, -0.05) is 54.6 Å². The Balaban J connectivity index is 1.60. The molecule has 3 aromatic carbocycles. The third-order valence-corrected chi connectivity index (χ3v) is 5.14. The maximum absolute atomic E-state index is 12.9. The topological polar surface area (TPSA) is 63.2 Å². The van der Waals surface area contributed by atoms with Crippen molar-refractivity contribution >= 4 is 28.3 Å². The summed E-state index contributed by atoms with van der Waals surface area (Å²) < 4.78 is 0. The second kappa shape index (κ2) is 4.86. The predicted molar refractivity (Wildman–Crippen MR) is 102 cm³/mol. The minimum absolute atomic E-state index is 0.118. The van der Waals surface area contributed by atoms with Crippen LogP contribution < -0.4 is 4.90 Å². The van der Waals surface area contributed by atoms with E-state index >= 15 is 0 Å². The number of para-hydroxylation sites is 1. The molecule has 0 radical (unpaired) electrons. The third-order valence-electron chi connectivity index (χ3n) is 5.14. The van der Waals surface area contributed by atoms with Gasteiger partial charge in [0.05, 0.1) is 17.1 Å². The first kappa shape index (κ1) is 14.3. The quantitative estimate of drug-likeness (QED) is 0.428. The molecule has 0 bridgehead atoms. The molecule has 2 amide bonds. The summed E-state index contributed by atoms with van der Waals surface area (Å²) in [6, 6.07) is 20.8. The molecule has 1 aliphatic carbocycles. The predicted octanol–water partition coefficient (Wildman–Crippen LogP) is 4.08. The summed E-state index contributed by atoms with van der Waals surface area (Å²) in [5.41, 5.74) is 3.99. The maximum Gasteiger partial charge on any atom is 0.286 e. The number of fused-ring (bicyclic) bond motifs is 4. The SMILES string of the molecule is O=C1c2nc3c(nc2C(=O)N1c1ccccc1)-c1cccc2cccc-3c12. The smallest absolute Gasteiger partial charge is 0.266 e. The van der Waals surface area contributed by atoms with E-state index in [1.54, 1.807) is 24.3 Å². The van der Waals surface area contributed by atoms with Gasteiger partial charge in [0.2, 0.25) is 0 Å². The minimum Gasteiger partial charge on any atom is -0.266 e. The molecule has 0 unspecified atom stereocenters. The average Bonchev–Trinajstić information content (AvgIpc) is 3.16. The van der Waals surface area contributed by atoms with Crippen LogP contribution in [0.5, 0.6) is 0 Å². The molecule has 1 aliphatic heterocycles. The summed E-state index contributed by atoms with van der Waals surface area (Å²) in [6.45, 7) is 0. The maximum atomic E-state index is 12.9. The molecule has 1 aromatic heterocycles. The van der Waals surface area contributed by atoms with Gasteiger partial charge in [-0.05, 0) is 17.5 Å². The van der Waals surface area contributed by atoms with E-state index in [-0.39, 0.29) is 11.4 Å². The highest BCUT2D eigenvalue weighted by Crippen LogP contribution is 2.46. The van der Waals surface area contributed by atoms with E-state index in [1.807, 2.05) is 42.5 Å². The van der Waals surface area contributed by atoms with Gasteiger partial charge < -0.3 is 0 Å². The molecule has 4 aromatic rings. The Hall–Kier alpha value is -3.86. The van der Waals surface area contributed by atoms with Crippen molar-refractivity contribution in [1.82, 2.24) is 9.97 Å². The normalized spacial score (nSPS) is 14.0. The Morgan fingerprint density at radius 2 is 1.15 bits per heavy atom. The van der Waals surface area contributed by atoms with Gasteiger partial charge in [0.1, 0.15) is 0 Å². The second-order valence-corrected chi connectivity index (χ2v) is 6.61. The fraction of sp³-hybridized carbons (Fsp3) is 0. The number of imide groups is 1. The minimum atomic E-state index is -0.431. The number of hydrogen-bond donors (Lipinski definition) is 0. The fourth-order valence-electron chi connectivity index (χ4n) is 3.96. The van der Waals surface area contributed by atoms with Crippen LogP contribution in [-0.4, -0.2) is 21.8 Å². The number of benzene rings is 3. The van der Waals surface area contributed by atoms with Crippen LogP contribution in [-0.2, 0) is 0 Å². The Kier molecular flexibility index (Phi) is 2.58. The molecule has 0 saturated carbocycles. The number of aromatic nitrogens is 2. The van der Waals surface area contributed by atoms with E-state index < -0.39 is 11.8 Å². The van der Waals surface area contributed by atoms with Gasteiger partial charge in [-0.15, -0.1) is 0 Å². The summed E-state index contributed by atoms with van der Waals surface area (Å²) in [6.07, 6.45) is 0. The molecule has 27 heavy (non-hydrogen) atoms. The summed E-state index contributed by atoms with van der Waals surface area (Å²) in [5, 5.41) is 2.16. The summed E-state index contributed by atoms with van der Waals surface area (Å²) in [7, 11) is 0. The van der Waals surface area contributed by atoms with Gasteiger partial charge in [0.25, 0.3) is 11.8 Å². The lowest BCUT2D eigenvalue weighted by Gasteiger charge is -2.12. The highest BCUT2D eigenvalue weighted by Gasteiger charge is 2.41. The molecule has 2 heterocycles. The summed E-state index contributed by atoms with van der Waals surface area (Å²) in [4.78, 5) is 36.2. The van der Waals surface area contributed by atoms with E-state index in [0.717, 1.165) is 26.8 Å². The van der Waals surface area contributed by atoms with Gasteiger partial charge in [0.15, 0.2) is 11.4 Å². The zero-order chi connectivity index (χ0) is 18.1. The Bertz CT molecular complexity index is 1230. The molecule has 126 valence electrons. The Labute approximate surface area is 153 Å². The van der Waals surface area contributed by atoms with Crippen LogP contribution in [0.1, 0.15) is 21.0 Å². The van der Waals surface area contributed by atoms with Crippen LogP contribution in [0.3, 0.4) is 0 Å². The number of rotatable bonds is 1. The van der Waals surface area contributed by atoms with E-state index in [9.17, 15) is 9.59 Å². The van der Waals surface area contributed by atoms with Gasteiger partial charge in [-0.3, -0.25) is 9.59 Å². The van der Waals surface area contributed by atoms with Crippen molar-refractivity contribution in [1.29, 1.82) is 0 Å². The zero-order valence-corrected chi connectivity index (χ0v) is 14.0. The van der Waals surface area contributed by atoms with Gasteiger partial charge in [-0.25, -0.2) is 14.9 Å². The standard InChI is InChI=1S/C22H11N3O2/c26-21-19-20(22(27)25(21)13-8-2-1-3-9-13)24-18-15-11-5-7-12-6-4-10-14(16(12)15)17(18)23-19/h1-11H. The molecule has 2 aliphatic rings. The van der Waals surface area contributed by atoms with Crippen molar-refractivity contribution in [3.8, 4) is 22.5 Å². The van der Waals surface area contributed by atoms with Crippen molar-refractivity contribution in [2.24, 2.45) is 0 Å². The number of hydrogen-bond acceptors (Lipinski definition) is 4. The van der Waals surface area contributed by atoms with Crippen molar-refractivity contribution < 1.29 is 9.59 Å². The van der Waals surface area contributed by atoms with E-state index in [1.165, 1.54) is 0 Å². The largest absolute Gasteiger partial charge is 0.286 e. The lowest BCUT2D eigenvalue weighted by atomic mass is 10.0. The zero-order valence-electron chi connectivity index (χ0n) is 14.0. The lowest BCUT2D eigenvalue weighted by molar-refractivity contribution is 0.0923. The lowest BCUT2D eigenvalue weighted by Crippen LogP contribution is -2.29. The van der Waals surface area contributed by atoms with Crippen LogP contribution in [0, 0.1) is 0 Å². The van der Waals surface area contributed by atoms with E-state index in [2.05, 4.69) is 9.97 Å². The summed E-state index contributed by atoms with van der Waals surface area (Å²) >= 11 is 0. The van der Waals surface area contributed by atoms with Crippen molar-refractivity contribution in [2.45, 2.75) is 0 Å². The molecule has 0 spiro atoms. The first-order valence-electron chi connectivity index (χ1n) is 8.62. The second-order valence-electron chi connectivity index (χ2n) is 6.61. The van der Waals surface area contributed by atoms with Crippen LogP contribution in [0.25, 0.3) is 33.3 Å². The van der Waals surface area contributed by atoms with E-state index in [0.29, 0.717) is 17.1 Å². The first-order chi connectivity index (χ1) is 13.2. The highest BCUT2D eigenvalue weighted by atomic mass is 16.2. The van der Waals surface area contributed by atoms with Crippen LogP contribution >= 0.6 is 0 Å². The number of carbonyl (C=O) groups excluding carboxylic acids is 2. The number of amides is 2. The van der Waals surface area contributed by atoms with Crippen LogP contribution in [0.2, 0.25) is 0 Å². The Morgan fingerprint density at radius 1 is 0.593 bits per heavy atom. The number of anilines is 1. The molecule has 5 nitrogen and oxygen atoms in total. The molecular formula is C22H11N3O2. The molecule has 0 atom stereocenters. The summed E-state index contributed by atoms with van der Waals surface area (Å²) in [5.74, 6) is -0.862. The average molecular weight is 349 g/mol. The van der Waals surface area contributed by atoms with Crippen LogP contribution in [0.15, 0.2) is 66.7 Å². The molecule has 0 fully saturated rings. The highest BCUT2D eigenvalue weighted by molar-refractivity contribution is 6.33. The van der Waals surface area contributed by atoms with Gasteiger partial charge >= 0.3 is 0 Å². The van der Waals surface area contributed by atoms with E-state index in [4.69, 9.17) is 0 Å². The van der Waals surface area contributed by atoms with Crippen molar-refractivity contribution in [3.05, 3.63) is 78.1 Å². The molecule has 0 N–H and O–H groups in total. The molecular weight excluding hydrogens is 338 g/mol. The van der Waals surface area contributed by atoms with Gasteiger partial charge in [-0.2, -0.15) is 0 Å². The molecule has 0 saturated heterocycles. The molecule has 5 heteroatoms. The van der Waals surface area contributed by atoms with Crippen molar-refractivity contribution in [2.75, 3.05) is 4.90 Å². The first-order valence-corrected chi connectivity index (χ1v) is 8.62. The monoisotopic (exact) mass is 349 g/mol. The number of carbonyl (C=O) groups is 2. The van der Waals surface area contributed by atoms with Crippen LogP contribution in [0.4, 0.5) is 5.69 Å². The molecule has 6 rings (SSSR count). The Morgan fingerprint density at radius 3 is 1.70 bits per heavy atom. The van der Waals surface area contributed by atoms with Crippen molar-refractivity contribution in [3.63, 3.8) is 0 Å². The fourth-order valence-corrected chi connectivity index (χ4v) is 3.96. The van der Waals surface area contributed by atoms with Gasteiger partial charge in [0, 0.05) is 16.5 Å².